The molecule has 1 aliphatic carbocycles. The molecule has 4 aliphatic heterocycles. The van der Waals surface area contributed by atoms with E-state index in [9.17, 15) is 33.1 Å². The van der Waals surface area contributed by atoms with Crippen molar-refractivity contribution in [2.75, 3.05) is 49.5 Å². The number of aryl methyl sites for hydroxylation is 2. The van der Waals surface area contributed by atoms with Gasteiger partial charge in [0.25, 0.3) is 5.91 Å². The molecule has 2 atom stereocenters. The summed E-state index contributed by atoms with van der Waals surface area (Å²) in [5.41, 5.74) is 9.41. The Bertz CT molecular complexity index is 3410. The van der Waals surface area contributed by atoms with Crippen molar-refractivity contribution in [1.29, 1.82) is 0 Å². The third-order valence-corrected chi connectivity index (χ3v) is 20.4. The number of benzene rings is 3. The lowest BCUT2D eigenvalue weighted by atomic mass is 9.86. The number of aromatic carboxylic acids is 1. The van der Waals surface area contributed by atoms with Crippen molar-refractivity contribution < 1.29 is 37.6 Å². The number of carboxylic acids is 1. The van der Waals surface area contributed by atoms with Gasteiger partial charge < -0.3 is 26.0 Å². The number of halogens is 2. The standard InChI is InChI=1S/C59H63F2N9O5SSi/c1-8-43(54-55-67-66-35(5)70(55)58-51(33(3)34(4)76-58)53(65-54)36-14-17-40(18-15-36)64-50(71)9-2)57(73)63-25-13-11-10-12-24-62-56(72)37-16-21-44(59(74)75)47(26-37)52-45-22-19-41(68-29-38(60)30-68)27-48(45)77(6,7)49-28-42(20-23-46(49)52)69-31-39(61)32-69/h9,14-23,26-28,38-39,43,54H,2,8,10-13,24-25,29-32H2,1,3-7H3,(H3-,62,63,64,65,71,72,73,74,75)/p+1/t43-,54+/m1/s1. The summed E-state index contributed by atoms with van der Waals surface area (Å²) in [7, 11) is -2.48. The molecule has 398 valence electrons. The molecule has 10 rings (SSSR count). The molecule has 18 heteroatoms. The molecule has 6 heterocycles. The molecule has 0 saturated carbocycles. The highest BCUT2D eigenvalue weighted by molar-refractivity contribution is 7.15. The monoisotopic (exact) mass is 1080 g/mol. The summed E-state index contributed by atoms with van der Waals surface area (Å²) in [6.45, 7) is 18.2. The van der Waals surface area contributed by atoms with E-state index in [-0.39, 0.29) is 23.3 Å². The number of unbranched alkanes of at least 4 members (excludes halogenated alkanes) is 3. The highest BCUT2D eigenvalue weighted by atomic mass is 32.1. The zero-order valence-corrected chi connectivity index (χ0v) is 46.1. The van der Waals surface area contributed by atoms with Crippen LogP contribution in [-0.2, 0) is 9.59 Å². The SMILES string of the molecule is C=CC(=O)Nc1ccc(C2=N[C@@H]([C@@H](CC)C(=O)NCCCCCCNC(=O)c3ccc(C(=O)O)c(C4=C5C=CC(=[N+]6CC(F)C6)C=C5[Si](C)(C)c5cc(N6CC(F)C6)ccc54)c3)c3nnc(C)n3-c3sc(C)c(C)c32)cc1. The smallest absolute Gasteiger partial charge is 0.336 e. The molecule has 4 N–H and O–H groups in total. The van der Waals surface area contributed by atoms with Crippen LogP contribution in [0.1, 0.15) is 110 Å². The summed E-state index contributed by atoms with van der Waals surface area (Å²) in [5, 5.41) is 31.9. The van der Waals surface area contributed by atoms with Crippen LogP contribution in [-0.4, -0.2) is 119 Å². The van der Waals surface area contributed by atoms with E-state index in [1.807, 2.05) is 76.4 Å². The van der Waals surface area contributed by atoms with Crippen molar-refractivity contribution in [3.8, 4) is 5.00 Å². The van der Waals surface area contributed by atoms with Gasteiger partial charge in [-0.3, -0.25) is 23.9 Å². The summed E-state index contributed by atoms with van der Waals surface area (Å²) in [5.74, 6) is -1.11. The van der Waals surface area contributed by atoms with Gasteiger partial charge in [0.1, 0.15) is 31.1 Å². The van der Waals surface area contributed by atoms with Gasteiger partial charge in [-0.05, 0) is 133 Å². The molecule has 2 aromatic heterocycles. The Morgan fingerprint density at radius 2 is 1.64 bits per heavy atom. The molecule has 2 fully saturated rings. The minimum Gasteiger partial charge on any atom is -0.478 e. The Kier molecular flexibility index (Phi) is 14.8. The maximum Gasteiger partial charge on any atom is 0.336 e. The number of anilines is 2. The number of allylic oxidation sites excluding steroid dienone is 5. The average Bonchev–Trinajstić information content (AvgIpc) is 3.87. The molecule has 0 unspecified atom stereocenters. The number of hydrogen-bond donors (Lipinski definition) is 4. The number of fused-ring (bicyclic) bond motifs is 5. The van der Waals surface area contributed by atoms with Crippen LogP contribution in [0, 0.1) is 26.7 Å². The summed E-state index contributed by atoms with van der Waals surface area (Å²) < 4.78 is 32.2. The number of carbonyl (C=O) groups is 4. The second-order valence-corrected chi connectivity index (χ2v) is 26.6. The van der Waals surface area contributed by atoms with Gasteiger partial charge in [-0.1, -0.05) is 57.6 Å². The zero-order chi connectivity index (χ0) is 54.4. The highest BCUT2D eigenvalue weighted by Gasteiger charge is 2.44. The van der Waals surface area contributed by atoms with Crippen molar-refractivity contribution in [2.45, 2.75) is 91.3 Å². The van der Waals surface area contributed by atoms with Crippen LogP contribution in [0.3, 0.4) is 0 Å². The van der Waals surface area contributed by atoms with E-state index >= 15 is 0 Å². The number of hydrogen-bond acceptors (Lipinski definition) is 9. The fourth-order valence-corrected chi connectivity index (χ4v) is 15.5. The van der Waals surface area contributed by atoms with E-state index in [0.717, 1.165) is 90.0 Å². The van der Waals surface area contributed by atoms with Crippen LogP contribution in [0.2, 0.25) is 13.1 Å². The first-order valence-corrected chi connectivity index (χ1v) is 30.3. The molecule has 0 spiro atoms. The maximum atomic E-state index is 14.2. The number of carboxylic acid groups (broad SMARTS) is 1. The normalized spacial score (nSPS) is 18.6. The fourth-order valence-electron chi connectivity index (χ4n) is 11.2. The van der Waals surface area contributed by atoms with Gasteiger partial charge in [-0.2, -0.15) is 0 Å². The number of aliphatic imine (C=N–C) groups is 1. The van der Waals surface area contributed by atoms with Crippen LogP contribution in [0.5, 0.6) is 0 Å². The first kappa shape index (κ1) is 53.0. The minimum atomic E-state index is -2.48. The molecular weight excluding hydrogens is 1010 g/mol. The lowest BCUT2D eigenvalue weighted by Crippen LogP contribution is -2.52. The predicted octanol–water partition coefficient (Wildman–Crippen LogP) is 8.83. The predicted molar refractivity (Wildman–Crippen MR) is 302 cm³/mol. The van der Waals surface area contributed by atoms with E-state index in [1.165, 1.54) is 12.1 Å². The molecule has 3 aromatic carbocycles. The number of amides is 3. The Morgan fingerprint density at radius 3 is 2.31 bits per heavy atom. The van der Waals surface area contributed by atoms with Crippen molar-refractivity contribution in [3.63, 3.8) is 0 Å². The van der Waals surface area contributed by atoms with Crippen molar-refractivity contribution >= 4 is 76.7 Å². The molecule has 0 radical (unpaired) electrons. The van der Waals surface area contributed by atoms with Crippen LogP contribution >= 0.6 is 11.3 Å². The van der Waals surface area contributed by atoms with Crippen LogP contribution in [0.15, 0.2) is 107 Å². The van der Waals surface area contributed by atoms with Gasteiger partial charge >= 0.3 is 5.97 Å². The topological polar surface area (TPSA) is 174 Å². The number of rotatable bonds is 17. The number of nitrogens with zero attached hydrogens (tertiary/aromatic N) is 6. The number of nitrogens with one attached hydrogen (secondary N) is 3. The van der Waals surface area contributed by atoms with Crippen LogP contribution < -0.4 is 26.0 Å². The van der Waals surface area contributed by atoms with Crippen LogP contribution in [0.4, 0.5) is 20.2 Å². The van der Waals surface area contributed by atoms with E-state index < -0.39 is 38.3 Å². The molecule has 3 amide bonds. The fraction of sp³-hybridized carbons (Fsp3) is 0.356. The van der Waals surface area contributed by atoms with E-state index in [2.05, 4.69) is 71.8 Å². The second-order valence-electron chi connectivity index (χ2n) is 21.1. The molecule has 0 bridgehead atoms. The van der Waals surface area contributed by atoms with Crippen molar-refractivity contribution in [3.05, 3.63) is 158 Å². The summed E-state index contributed by atoms with van der Waals surface area (Å²) in [4.78, 5) is 61.6. The van der Waals surface area contributed by atoms with E-state index in [0.29, 0.717) is 80.6 Å². The molecule has 14 nitrogen and oxygen atoms in total. The molecule has 77 heavy (non-hydrogen) atoms. The number of alkyl halides is 2. The lowest BCUT2D eigenvalue weighted by molar-refractivity contribution is -0.599. The summed E-state index contributed by atoms with van der Waals surface area (Å²) >= 11 is 1.64. The highest BCUT2D eigenvalue weighted by Crippen LogP contribution is 2.45. The lowest BCUT2D eigenvalue weighted by Gasteiger charge is -2.41. The van der Waals surface area contributed by atoms with Gasteiger partial charge in [0, 0.05) is 58.2 Å². The third-order valence-electron chi connectivity index (χ3n) is 15.7. The second kappa shape index (κ2) is 21.5. The first-order valence-electron chi connectivity index (χ1n) is 26.5. The van der Waals surface area contributed by atoms with Gasteiger partial charge in [0.2, 0.25) is 18.0 Å². The van der Waals surface area contributed by atoms with Crippen molar-refractivity contribution in [1.82, 2.24) is 25.4 Å². The first-order chi connectivity index (χ1) is 37.0. The minimum absolute atomic E-state index is 0.0674. The maximum absolute atomic E-state index is 14.2. The third kappa shape index (κ3) is 10.1. The summed E-state index contributed by atoms with van der Waals surface area (Å²) in [6.07, 6.45) is 9.11. The summed E-state index contributed by atoms with van der Waals surface area (Å²) in [6, 6.07) is 17.7. The average molecular weight is 1080 g/mol. The van der Waals surface area contributed by atoms with Gasteiger partial charge in [0.15, 0.2) is 24.6 Å². The zero-order valence-electron chi connectivity index (χ0n) is 44.3. The number of carbonyl (C=O) groups excluding carboxylic acids is 3. The largest absolute Gasteiger partial charge is 0.478 e. The van der Waals surface area contributed by atoms with Crippen molar-refractivity contribution in [2.24, 2.45) is 10.9 Å². The Labute approximate surface area is 452 Å². The Morgan fingerprint density at radius 1 is 0.909 bits per heavy atom. The molecule has 5 aliphatic rings. The Balaban J connectivity index is 0.803. The van der Waals surface area contributed by atoms with Gasteiger partial charge in [-0.25, -0.2) is 18.2 Å². The van der Waals surface area contributed by atoms with Crippen LogP contribution in [0.25, 0.3) is 10.6 Å². The van der Waals surface area contributed by atoms with E-state index in [4.69, 9.17) is 4.99 Å². The Hall–Kier alpha value is -7.44. The molecule has 2 saturated heterocycles. The molecular formula is C59H64F2N9O5SSi+. The van der Waals surface area contributed by atoms with Gasteiger partial charge in [-0.15, -0.1) is 21.5 Å². The molecule has 5 aromatic rings. The number of aromatic nitrogens is 3. The quantitative estimate of drug-likeness (QED) is 0.0310. The number of thiophene rings is 1. The van der Waals surface area contributed by atoms with E-state index in [1.54, 1.807) is 23.5 Å². The van der Waals surface area contributed by atoms with Gasteiger partial charge in [0.05, 0.1) is 30.3 Å².